The fourth-order valence-electron chi connectivity index (χ4n) is 3.82. The molecule has 0 spiro atoms. The van der Waals surface area contributed by atoms with E-state index in [1.165, 1.54) is 6.33 Å². The Labute approximate surface area is 151 Å². The highest BCUT2D eigenvalue weighted by Crippen LogP contribution is 2.28. The van der Waals surface area contributed by atoms with Gasteiger partial charge in [0.2, 0.25) is 5.91 Å². The number of hydrogen-bond acceptors (Lipinski definition) is 7. The Morgan fingerprint density at radius 3 is 3.00 bits per heavy atom. The third-order valence-corrected chi connectivity index (χ3v) is 5.09. The molecule has 1 amide bonds. The van der Waals surface area contributed by atoms with Crippen molar-refractivity contribution in [2.45, 2.75) is 38.5 Å². The van der Waals surface area contributed by atoms with Crippen LogP contribution in [0.25, 0.3) is 11.2 Å². The third kappa shape index (κ3) is 2.90. The predicted octanol–water partition coefficient (Wildman–Crippen LogP) is -0.0615. The predicted molar refractivity (Wildman–Crippen MR) is 94.7 cm³/mol. The molecule has 2 unspecified atom stereocenters. The average molecular weight is 360 g/mol. The van der Waals surface area contributed by atoms with E-state index in [0.717, 1.165) is 0 Å². The topological polar surface area (TPSA) is 105 Å². The highest BCUT2D eigenvalue weighted by molar-refractivity contribution is 5.91. The number of imidazole rings is 1. The average Bonchev–Trinajstić information content (AvgIpc) is 3.21. The maximum absolute atomic E-state index is 12.4. The van der Waals surface area contributed by atoms with E-state index in [0.29, 0.717) is 56.3 Å². The van der Waals surface area contributed by atoms with Crippen molar-refractivity contribution in [1.29, 1.82) is 0 Å². The first-order valence-electron chi connectivity index (χ1n) is 8.99. The number of ether oxygens (including phenoxy) is 1. The van der Waals surface area contributed by atoms with Crippen LogP contribution in [0.5, 0.6) is 0 Å². The maximum Gasteiger partial charge on any atom is 0.243 e. The monoisotopic (exact) mass is 360 g/mol. The van der Waals surface area contributed by atoms with Crippen molar-refractivity contribution in [2.24, 2.45) is 5.92 Å². The molecule has 2 aromatic heterocycles. The number of carbonyl (C=O) groups excluding carboxylic acids is 1. The minimum atomic E-state index is -0.899. The van der Waals surface area contributed by atoms with E-state index in [1.807, 2.05) is 23.3 Å². The summed E-state index contributed by atoms with van der Waals surface area (Å²) in [5.74, 6) is 0.811. The first kappa shape index (κ1) is 17.2. The van der Waals surface area contributed by atoms with Crippen molar-refractivity contribution >= 4 is 22.9 Å². The van der Waals surface area contributed by atoms with Crippen LogP contribution in [-0.2, 0) is 16.1 Å². The molecule has 26 heavy (non-hydrogen) atoms. The zero-order valence-electron chi connectivity index (χ0n) is 15.1. The van der Waals surface area contributed by atoms with Crippen LogP contribution in [0.2, 0.25) is 0 Å². The zero-order chi connectivity index (χ0) is 18.3. The van der Waals surface area contributed by atoms with E-state index in [9.17, 15) is 9.90 Å². The molecule has 9 nitrogen and oxygen atoms in total. The lowest BCUT2D eigenvalue weighted by Crippen LogP contribution is -2.58. The van der Waals surface area contributed by atoms with E-state index in [2.05, 4.69) is 20.3 Å². The molecule has 140 valence electrons. The summed E-state index contributed by atoms with van der Waals surface area (Å²) >= 11 is 0. The van der Waals surface area contributed by atoms with Crippen LogP contribution >= 0.6 is 0 Å². The molecule has 2 atom stereocenters. The van der Waals surface area contributed by atoms with E-state index < -0.39 is 5.60 Å². The van der Waals surface area contributed by atoms with Gasteiger partial charge in [-0.15, -0.1) is 0 Å². The summed E-state index contributed by atoms with van der Waals surface area (Å²) in [7, 11) is 0. The molecule has 9 heteroatoms. The van der Waals surface area contributed by atoms with Crippen LogP contribution in [0.4, 0.5) is 5.82 Å². The van der Waals surface area contributed by atoms with Crippen LogP contribution in [0.3, 0.4) is 0 Å². The largest absolute Gasteiger partial charge is 0.386 e. The van der Waals surface area contributed by atoms with Crippen molar-refractivity contribution in [3.63, 3.8) is 0 Å². The second kappa shape index (κ2) is 6.48. The molecular weight excluding hydrogens is 336 g/mol. The van der Waals surface area contributed by atoms with Gasteiger partial charge in [-0.1, -0.05) is 13.8 Å². The van der Waals surface area contributed by atoms with E-state index in [1.54, 1.807) is 6.33 Å². The summed E-state index contributed by atoms with van der Waals surface area (Å²) in [4.78, 5) is 27.7. The van der Waals surface area contributed by atoms with Gasteiger partial charge in [-0.2, -0.15) is 0 Å². The van der Waals surface area contributed by atoms with Crippen LogP contribution in [-0.4, -0.2) is 68.5 Å². The molecule has 2 N–H and O–H groups in total. The molecule has 2 fully saturated rings. The second-order valence-electron chi connectivity index (χ2n) is 7.44. The lowest BCUT2D eigenvalue weighted by Gasteiger charge is -2.38. The molecule has 2 saturated heterocycles. The normalized spacial score (nSPS) is 26.7. The highest BCUT2D eigenvalue weighted by atomic mass is 16.5. The van der Waals surface area contributed by atoms with Gasteiger partial charge in [0.05, 0.1) is 19.5 Å². The summed E-state index contributed by atoms with van der Waals surface area (Å²) < 4.78 is 7.16. The molecule has 2 aromatic rings. The van der Waals surface area contributed by atoms with E-state index >= 15 is 0 Å². The van der Waals surface area contributed by atoms with Crippen LogP contribution < -0.4 is 10.2 Å². The fourth-order valence-corrected chi connectivity index (χ4v) is 3.82. The Hall–Kier alpha value is -2.26. The van der Waals surface area contributed by atoms with Crippen molar-refractivity contribution < 1.29 is 14.6 Å². The number of amides is 1. The molecule has 2 aliphatic rings. The van der Waals surface area contributed by atoms with Gasteiger partial charge in [-0.25, -0.2) is 15.0 Å². The summed E-state index contributed by atoms with van der Waals surface area (Å²) in [6.45, 7) is 6.53. The number of nitrogens with one attached hydrogen (secondary N) is 1. The standard InChI is InChI=1S/C17H24N6O3/c1-11(2)13-16(24)18-4-5-23(13)15-12-14(19-9-20-15)22(10-21-12)7-17(25)3-6-26-8-17/h9-11,13,25H,3-8H2,1-2H3,(H,18,24). The Morgan fingerprint density at radius 2 is 2.27 bits per heavy atom. The Morgan fingerprint density at radius 1 is 1.42 bits per heavy atom. The Balaban J connectivity index is 1.71. The number of piperazine rings is 1. The van der Waals surface area contributed by atoms with Gasteiger partial charge in [0.15, 0.2) is 17.0 Å². The molecular formula is C17H24N6O3. The number of aromatic nitrogens is 4. The number of anilines is 1. The number of nitrogens with zero attached hydrogens (tertiary/aromatic N) is 5. The Kier molecular flexibility index (Phi) is 4.28. The quantitative estimate of drug-likeness (QED) is 0.787. The van der Waals surface area contributed by atoms with Gasteiger partial charge < -0.3 is 24.6 Å². The molecule has 4 heterocycles. The third-order valence-electron chi connectivity index (χ3n) is 5.09. The summed E-state index contributed by atoms with van der Waals surface area (Å²) in [5, 5.41) is 13.5. The van der Waals surface area contributed by atoms with Crippen LogP contribution in [0.15, 0.2) is 12.7 Å². The first-order chi connectivity index (χ1) is 12.5. The van der Waals surface area contributed by atoms with Crippen molar-refractivity contribution in [3.05, 3.63) is 12.7 Å². The second-order valence-corrected chi connectivity index (χ2v) is 7.44. The number of carbonyl (C=O) groups is 1. The van der Waals surface area contributed by atoms with Gasteiger partial charge in [0.25, 0.3) is 0 Å². The number of rotatable bonds is 4. The van der Waals surface area contributed by atoms with Crippen molar-refractivity contribution in [2.75, 3.05) is 31.2 Å². The lowest BCUT2D eigenvalue weighted by atomic mass is 9.99. The minimum absolute atomic E-state index is 0.00913. The van der Waals surface area contributed by atoms with Gasteiger partial charge in [0.1, 0.15) is 18.0 Å². The maximum atomic E-state index is 12.4. The first-order valence-corrected chi connectivity index (χ1v) is 8.99. The molecule has 4 rings (SSSR count). The fraction of sp³-hybridized carbons (Fsp3) is 0.647. The zero-order valence-corrected chi connectivity index (χ0v) is 15.1. The lowest BCUT2D eigenvalue weighted by molar-refractivity contribution is -0.124. The number of hydrogen-bond donors (Lipinski definition) is 2. The van der Waals surface area contributed by atoms with Gasteiger partial charge in [0, 0.05) is 26.1 Å². The highest BCUT2D eigenvalue weighted by Gasteiger charge is 2.36. The van der Waals surface area contributed by atoms with Crippen LogP contribution in [0, 0.1) is 5.92 Å². The molecule has 0 saturated carbocycles. The van der Waals surface area contributed by atoms with Gasteiger partial charge >= 0.3 is 0 Å². The van der Waals surface area contributed by atoms with Gasteiger partial charge in [-0.3, -0.25) is 4.79 Å². The van der Waals surface area contributed by atoms with E-state index in [-0.39, 0.29) is 17.9 Å². The Bertz CT molecular complexity index is 814. The summed E-state index contributed by atoms with van der Waals surface area (Å²) in [5.41, 5.74) is 0.406. The number of fused-ring (bicyclic) bond motifs is 1. The van der Waals surface area contributed by atoms with Crippen molar-refractivity contribution in [3.8, 4) is 0 Å². The molecule has 0 aliphatic carbocycles. The van der Waals surface area contributed by atoms with Gasteiger partial charge in [-0.05, 0) is 5.92 Å². The molecule has 0 bridgehead atoms. The van der Waals surface area contributed by atoms with Crippen LogP contribution in [0.1, 0.15) is 20.3 Å². The minimum Gasteiger partial charge on any atom is -0.386 e. The molecule has 0 radical (unpaired) electrons. The summed E-state index contributed by atoms with van der Waals surface area (Å²) in [6, 6.07) is -0.292. The summed E-state index contributed by atoms with van der Waals surface area (Å²) in [6.07, 6.45) is 3.76. The SMILES string of the molecule is CC(C)C1C(=O)NCCN1c1ncnc2c1ncn2CC1(O)CCOC1. The van der Waals surface area contributed by atoms with Crippen molar-refractivity contribution in [1.82, 2.24) is 24.8 Å². The smallest absolute Gasteiger partial charge is 0.243 e. The van der Waals surface area contributed by atoms with E-state index in [4.69, 9.17) is 4.74 Å². The number of aliphatic hydroxyl groups is 1. The molecule has 2 aliphatic heterocycles. The molecule has 0 aromatic carbocycles.